The topological polar surface area (TPSA) is 26.0 Å². The monoisotopic (exact) mass is 173 g/mol. The van der Waals surface area contributed by atoms with E-state index in [1.54, 1.807) is 18.2 Å². The minimum absolute atomic E-state index is 0.394. The van der Waals surface area contributed by atoms with Crippen LogP contribution in [0.4, 0.5) is 4.39 Å². The van der Waals surface area contributed by atoms with Crippen molar-refractivity contribution < 1.29 is 4.39 Å². The maximum Gasteiger partial charge on any atom is 0.115 e. The quantitative estimate of drug-likeness (QED) is 0.730. The Morgan fingerprint density at radius 2 is 2.18 bits per heavy atom. The van der Waals surface area contributed by atoms with Crippen molar-refractivity contribution in [1.29, 1.82) is 0 Å². The predicted molar refractivity (Wildman–Crippen MR) is 44.2 cm³/mol. The zero-order valence-electron chi connectivity index (χ0n) is 5.98. The van der Waals surface area contributed by atoms with Gasteiger partial charge in [0.1, 0.15) is 6.67 Å². The van der Waals surface area contributed by atoms with E-state index in [4.69, 9.17) is 17.3 Å². The molecule has 0 atom stereocenters. The number of hydrogen-bond donors (Lipinski definition) is 1. The SMILES string of the molecule is NCc1ccc(CF)cc1Cl. The maximum atomic E-state index is 12.1. The van der Waals surface area contributed by atoms with E-state index >= 15 is 0 Å². The molecule has 1 nitrogen and oxygen atoms in total. The van der Waals surface area contributed by atoms with Crippen molar-refractivity contribution in [3.8, 4) is 0 Å². The second-order valence-electron chi connectivity index (χ2n) is 2.26. The predicted octanol–water partition coefficient (Wildman–Crippen LogP) is 2.27. The van der Waals surface area contributed by atoms with Gasteiger partial charge in [-0.15, -0.1) is 0 Å². The summed E-state index contributed by atoms with van der Waals surface area (Å²) < 4.78 is 12.1. The molecule has 0 radical (unpaired) electrons. The molecular formula is C8H9ClFN. The van der Waals surface area contributed by atoms with Crippen molar-refractivity contribution in [1.82, 2.24) is 0 Å². The van der Waals surface area contributed by atoms with E-state index < -0.39 is 6.67 Å². The minimum atomic E-state index is -0.482. The number of rotatable bonds is 2. The first kappa shape index (κ1) is 8.50. The average molecular weight is 174 g/mol. The van der Waals surface area contributed by atoms with Gasteiger partial charge in [0, 0.05) is 11.6 Å². The highest BCUT2D eigenvalue weighted by molar-refractivity contribution is 6.31. The molecule has 1 aromatic rings. The molecule has 0 unspecified atom stereocenters. The fraction of sp³-hybridized carbons (Fsp3) is 0.250. The summed E-state index contributed by atoms with van der Waals surface area (Å²) in [4.78, 5) is 0. The summed E-state index contributed by atoms with van der Waals surface area (Å²) in [6.45, 7) is -0.0873. The molecule has 3 heteroatoms. The summed E-state index contributed by atoms with van der Waals surface area (Å²) in [5.74, 6) is 0. The van der Waals surface area contributed by atoms with Crippen molar-refractivity contribution >= 4 is 11.6 Å². The smallest absolute Gasteiger partial charge is 0.115 e. The molecule has 60 valence electrons. The van der Waals surface area contributed by atoms with Crippen LogP contribution in [0.1, 0.15) is 11.1 Å². The van der Waals surface area contributed by atoms with Crippen molar-refractivity contribution in [3.05, 3.63) is 34.3 Å². The highest BCUT2D eigenvalue weighted by Gasteiger charge is 1.98. The van der Waals surface area contributed by atoms with Crippen LogP contribution in [0.25, 0.3) is 0 Å². The Morgan fingerprint density at radius 3 is 2.64 bits per heavy atom. The number of benzene rings is 1. The van der Waals surface area contributed by atoms with E-state index in [0.29, 0.717) is 17.1 Å². The van der Waals surface area contributed by atoms with Gasteiger partial charge in [0.15, 0.2) is 0 Å². The van der Waals surface area contributed by atoms with Crippen molar-refractivity contribution in [2.45, 2.75) is 13.2 Å². The molecule has 11 heavy (non-hydrogen) atoms. The van der Waals surface area contributed by atoms with Gasteiger partial charge < -0.3 is 5.73 Å². The third kappa shape index (κ3) is 1.91. The van der Waals surface area contributed by atoms with E-state index in [0.717, 1.165) is 5.56 Å². The van der Waals surface area contributed by atoms with Crippen LogP contribution in [0.2, 0.25) is 5.02 Å². The minimum Gasteiger partial charge on any atom is -0.326 e. The van der Waals surface area contributed by atoms with Crippen LogP contribution in [-0.2, 0) is 13.2 Å². The average Bonchev–Trinajstić information content (AvgIpc) is 2.04. The Bertz CT molecular complexity index is 250. The van der Waals surface area contributed by atoms with Gasteiger partial charge in [-0.05, 0) is 17.2 Å². The third-order valence-corrected chi connectivity index (χ3v) is 1.84. The number of hydrogen-bond acceptors (Lipinski definition) is 1. The molecule has 0 saturated carbocycles. The Labute approximate surface area is 70.0 Å². The van der Waals surface area contributed by atoms with E-state index in [1.807, 2.05) is 0 Å². The zero-order valence-corrected chi connectivity index (χ0v) is 6.74. The number of halogens is 2. The molecule has 0 spiro atoms. The molecule has 1 aromatic carbocycles. The fourth-order valence-electron chi connectivity index (χ4n) is 0.839. The number of nitrogens with two attached hydrogens (primary N) is 1. The third-order valence-electron chi connectivity index (χ3n) is 1.49. The van der Waals surface area contributed by atoms with Crippen LogP contribution in [0.5, 0.6) is 0 Å². The lowest BCUT2D eigenvalue weighted by Crippen LogP contribution is -1.97. The molecule has 1 rings (SSSR count). The lowest BCUT2D eigenvalue weighted by Gasteiger charge is -2.01. The van der Waals surface area contributed by atoms with Gasteiger partial charge in [0.25, 0.3) is 0 Å². The summed E-state index contributed by atoms with van der Waals surface area (Å²) in [7, 11) is 0. The van der Waals surface area contributed by atoms with Crippen LogP contribution in [-0.4, -0.2) is 0 Å². The lowest BCUT2D eigenvalue weighted by molar-refractivity contribution is 0.485. The summed E-state index contributed by atoms with van der Waals surface area (Å²) in [6.07, 6.45) is 0. The van der Waals surface area contributed by atoms with Gasteiger partial charge in [-0.1, -0.05) is 23.7 Å². The van der Waals surface area contributed by atoms with Gasteiger partial charge in [0.2, 0.25) is 0 Å². The second kappa shape index (κ2) is 3.69. The first-order valence-corrected chi connectivity index (χ1v) is 3.69. The Morgan fingerprint density at radius 1 is 1.45 bits per heavy atom. The Hall–Kier alpha value is -0.600. The van der Waals surface area contributed by atoms with E-state index in [9.17, 15) is 4.39 Å². The van der Waals surface area contributed by atoms with Crippen LogP contribution in [0.3, 0.4) is 0 Å². The van der Waals surface area contributed by atoms with Gasteiger partial charge in [-0.3, -0.25) is 0 Å². The molecule has 0 fully saturated rings. The molecule has 0 aromatic heterocycles. The van der Waals surface area contributed by atoms with Gasteiger partial charge >= 0.3 is 0 Å². The molecule has 0 aliphatic carbocycles. The molecule has 0 saturated heterocycles. The van der Waals surface area contributed by atoms with Crippen LogP contribution < -0.4 is 5.73 Å². The van der Waals surface area contributed by atoms with Crippen LogP contribution in [0, 0.1) is 0 Å². The van der Waals surface area contributed by atoms with Crippen LogP contribution in [0.15, 0.2) is 18.2 Å². The van der Waals surface area contributed by atoms with Gasteiger partial charge in [0.05, 0.1) is 0 Å². The van der Waals surface area contributed by atoms with E-state index in [2.05, 4.69) is 0 Å². The highest BCUT2D eigenvalue weighted by atomic mass is 35.5. The van der Waals surface area contributed by atoms with Gasteiger partial charge in [-0.2, -0.15) is 0 Å². The summed E-state index contributed by atoms with van der Waals surface area (Å²) in [6, 6.07) is 5.04. The molecule has 2 N–H and O–H groups in total. The molecule has 0 heterocycles. The van der Waals surface area contributed by atoms with Gasteiger partial charge in [-0.25, -0.2) is 4.39 Å². The van der Waals surface area contributed by atoms with Crippen molar-refractivity contribution in [3.63, 3.8) is 0 Å². The Balaban J connectivity index is 2.99. The number of alkyl halides is 1. The fourth-order valence-corrected chi connectivity index (χ4v) is 1.12. The zero-order chi connectivity index (χ0) is 8.27. The second-order valence-corrected chi connectivity index (χ2v) is 2.67. The maximum absolute atomic E-state index is 12.1. The molecule has 0 bridgehead atoms. The molecule has 0 amide bonds. The van der Waals surface area contributed by atoms with E-state index in [1.165, 1.54) is 0 Å². The highest BCUT2D eigenvalue weighted by Crippen LogP contribution is 2.17. The summed E-state index contributed by atoms with van der Waals surface area (Å²) in [5, 5.41) is 0.544. The summed E-state index contributed by atoms with van der Waals surface area (Å²) >= 11 is 5.76. The first-order chi connectivity index (χ1) is 5.27. The van der Waals surface area contributed by atoms with Crippen molar-refractivity contribution in [2.24, 2.45) is 5.73 Å². The molecular weight excluding hydrogens is 165 g/mol. The van der Waals surface area contributed by atoms with E-state index in [-0.39, 0.29) is 0 Å². The van der Waals surface area contributed by atoms with Crippen molar-refractivity contribution in [2.75, 3.05) is 0 Å². The lowest BCUT2D eigenvalue weighted by atomic mass is 10.1. The standard InChI is InChI=1S/C8H9ClFN/c9-8-3-6(4-10)1-2-7(8)5-11/h1-3H,4-5,11H2. The Kier molecular flexibility index (Phi) is 2.85. The molecule has 0 aliphatic heterocycles. The first-order valence-electron chi connectivity index (χ1n) is 3.31. The normalized spacial score (nSPS) is 10.1. The largest absolute Gasteiger partial charge is 0.326 e. The van der Waals surface area contributed by atoms with Crippen LogP contribution >= 0.6 is 11.6 Å². The molecule has 0 aliphatic rings. The summed E-state index contributed by atoms with van der Waals surface area (Å²) in [5.41, 5.74) is 6.80.